The van der Waals surface area contributed by atoms with Crippen molar-refractivity contribution in [2.24, 2.45) is 0 Å². The van der Waals surface area contributed by atoms with E-state index in [1.165, 1.54) is 9.36 Å². The van der Waals surface area contributed by atoms with Crippen molar-refractivity contribution in [3.8, 4) is 0 Å². The van der Waals surface area contributed by atoms with E-state index in [4.69, 9.17) is 0 Å². The molecule has 0 fully saturated rings. The van der Waals surface area contributed by atoms with E-state index in [0.717, 1.165) is 0 Å². The third kappa shape index (κ3) is 2.49. The molecule has 136 valence electrons. The summed E-state index contributed by atoms with van der Waals surface area (Å²) >= 11 is 0. The van der Waals surface area contributed by atoms with E-state index in [2.05, 4.69) is 20.6 Å². The van der Waals surface area contributed by atoms with Crippen LogP contribution in [0.1, 0.15) is 12.8 Å². The average Bonchev–Trinajstić information content (AvgIpc) is 3.28. The number of aliphatic carboxylic acids is 2. The summed E-state index contributed by atoms with van der Waals surface area (Å²) in [5.74, 6) is -2.44. The Bertz CT molecular complexity index is 1090. The zero-order valence-corrected chi connectivity index (χ0v) is 13.9. The Labute approximate surface area is 151 Å². The fourth-order valence-electron chi connectivity index (χ4n) is 3.16. The zero-order valence-electron chi connectivity index (χ0n) is 13.9. The van der Waals surface area contributed by atoms with Crippen molar-refractivity contribution in [1.82, 2.24) is 30.0 Å². The molecule has 10 nitrogen and oxygen atoms in total. The Morgan fingerprint density at radius 2 is 1.33 bits per heavy atom. The standard InChI is InChI=1S/C17H14N6O4/c24-15(25)9-10-17(16(26)27,22-13-7-3-1-5-11(13)18-20-22)23-14-8-4-2-6-12(14)19-21-23/h1-8H,9-10H2,(H,24,25)(H,26,27). The van der Waals surface area contributed by atoms with Gasteiger partial charge in [-0.15, -0.1) is 10.2 Å². The van der Waals surface area contributed by atoms with Gasteiger partial charge in [-0.2, -0.15) is 0 Å². The highest BCUT2D eigenvalue weighted by Crippen LogP contribution is 2.31. The average molecular weight is 366 g/mol. The molecular formula is C17H14N6O4. The minimum atomic E-state index is -1.94. The first-order chi connectivity index (χ1) is 13.0. The largest absolute Gasteiger partial charge is 0.481 e. The Kier molecular flexibility index (Phi) is 3.80. The molecule has 2 heterocycles. The minimum absolute atomic E-state index is 0.293. The van der Waals surface area contributed by atoms with Crippen LogP contribution >= 0.6 is 0 Å². The van der Waals surface area contributed by atoms with Gasteiger partial charge in [-0.1, -0.05) is 34.7 Å². The number of carboxylic acid groups (broad SMARTS) is 2. The molecule has 0 spiro atoms. The fraction of sp³-hybridized carbons (Fsp3) is 0.176. The number of hydrogen-bond donors (Lipinski definition) is 2. The van der Waals surface area contributed by atoms with Crippen LogP contribution in [0.25, 0.3) is 22.1 Å². The van der Waals surface area contributed by atoms with Gasteiger partial charge >= 0.3 is 11.9 Å². The number of benzene rings is 2. The van der Waals surface area contributed by atoms with E-state index >= 15 is 0 Å². The van der Waals surface area contributed by atoms with Crippen molar-refractivity contribution in [3.63, 3.8) is 0 Å². The van der Waals surface area contributed by atoms with Crippen LogP contribution in [-0.2, 0) is 15.3 Å². The molecule has 4 rings (SSSR count). The summed E-state index contributed by atoms with van der Waals surface area (Å²) in [5, 5.41) is 35.5. The first-order valence-corrected chi connectivity index (χ1v) is 8.11. The van der Waals surface area contributed by atoms with E-state index in [1.54, 1.807) is 48.5 Å². The Morgan fingerprint density at radius 3 is 1.78 bits per heavy atom. The molecule has 0 aliphatic rings. The molecule has 4 aromatic rings. The molecule has 0 unspecified atom stereocenters. The first-order valence-electron chi connectivity index (χ1n) is 8.11. The second-order valence-corrected chi connectivity index (χ2v) is 6.00. The zero-order chi connectivity index (χ0) is 19.0. The van der Waals surface area contributed by atoms with Crippen molar-refractivity contribution in [3.05, 3.63) is 48.5 Å². The van der Waals surface area contributed by atoms with Crippen LogP contribution in [0.2, 0.25) is 0 Å². The molecule has 0 saturated carbocycles. The van der Waals surface area contributed by atoms with Crippen molar-refractivity contribution in [1.29, 1.82) is 0 Å². The third-order valence-corrected chi connectivity index (χ3v) is 4.43. The Balaban J connectivity index is 2.05. The maximum Gasteiger partial charge on any atom is 0.354 e. The lowest BCUT2D eigenvalue weighted by atomic mass is 10.0. The van der Waals surface area contributed by atoms with Gasteiger partial charge in [0, 0.05) is 6.42 Å². The van der Waals surface area contributed by atoms with E-state index in [9.17, 15) is 19.8 Å². The lowest BCUT2D eigenvalue weighted by molar-refractivity contribution is -0.152. The SMILES string of the molecule is O=C(O)CCC(C(=O)O)(n1nnc2ccccc21)n1nnc2ccccc21. The number of aromatic nitrogens is 6. The highest BCUT2D eigenvalue weighted by atomic mass is 16.4. The van der Waals surface area contributed by atoms with Crippen molar-refractivity contribution in [2.45, 2.75) is 18.5 Å². The van der Waals surface area contributed by atoms with Gasteiger partial charge in [-0.25, -0.2) is 14.2 Å². The highest BCUT2D eigenvalue weighted by Gasteiger charge is 2.47. The minimum Gasteiger partial charge on any atom is -0.481 e. The predicted octanol–water partition coefficient (Wildman–Crippen LogP) is 1.33. The number of hydrogen-bond acceptors (Lipinski definition) is 6. The maximum atomic E-state index is 12.5. The fourth-order valence-corrected chi connectivity index (χ4v) is 3.16. The molecule has 0 amide bonds. The van der Waals surface area contributed by atoms with Gasteiger partial charge in [-0.3, -0.25) is 4.79 Å². The smallest absolute Gasteiger partial charge is 0.354 e. The van der Waals surface area contributed by atoms with Crippen molar-refractivity contribution < 1.29 is 19.8 Å². The molecule has 2 aromatic heterocycles. The lowest BCUT2D eigenvalue weighted by Gasteiger charge is -2.29. The van der Waals surface area contributed by atoms with Crippen LogP contribution in [0, 0.1) is 0 Å². The number of carbonyl (C=O) groups is 2. The molecule has 0 aliphatic heterocycles. The summed E-state index contributed by atoms with van der Waals surface area (Å²) in [6.45, 7) is 0. The van der Waals surface area contributed by atoms with E-state index < -0.39 is 24.0 Å². The monoisotopic (exact) mass is 366 g/mol. The number of nitrogens with zero attached hydrogens (tertiary/aromatic N) is 6. The molecule has 0 bridgehead atoms. The Hall–Kier alpha value is -3.82. The summed E-state index contributed by atoms with van der Waals surface area (Å²) in [6, 6.07) is 13.7. The van der Waals surface area contributed by atoms with Crippen molar-refractivity contribution in [2.75, 3.05) is 0 Å². The Morgan fingerprint density at radius 1 is 0.852 bits per heavy atom. The molecule has 2 N–H and O–H groups in total. The topological polar surface area (TPSA) is 136 Å². The number of fused-ring (bicyclic) bond motifs is 2. The second-order valence-electron chi connectivity index (χ2n) is 6.00. The predicted molar refractivity (Wildman–Crippen MR) is 92.9 cm³/mol. The van der Waals surface area contributed by atoms with Gasteiger partial charge in [0.05, 0.1) is 17.5 Å². The van der Waals surface area contributed by atoms with Crippen molar-refractivity contribution >= 4 is 34.0 Å². The summed E-state index contributed by atoms with van der Waals surface area (Å²) in [4.78, 5) is 23.8. The summed E-state index contributed by atoms with van der Waals surface area (Å²) in [6.07, 6.45) is -0.701. The van der Waals surface area contributed by atoms with Gasteiger partial charge in [0.1, 0.15) is 11.0 Å². The van der Waals surface area contributed by atoms with Gasteiger partial charge in [0.2, 0.25) is 0 Å². The first kappa shape index (κ1) is 16.6. The van der Waals surface area contributed by atoms with Gasteiger partial charge in [0.15, 0.2) is 0 Å². The van der Waals surface area contributed by atoms with Crippen LogP contribution < -0.4 is 0 Å². The van der Waals surface area contributed by atoms with Gasteiger partial charge in [0.25, 0.3) is 5.66 Å². The maximum absolute atomic E-state index is 12.5. The molecule has 0 radical (unpaired) electrons. The number of rotatable bonds is 6. The van der Waals surface area contributed by atoms with Gasteiger partial charge < -0.3 is 10.2 Å². The highest BCUT2D eigenvalue weighted by molar-refractivity contribution is 5.85. The molecule has 10 heteroatoms. The normalized spacial score (nSPS) is 11.9. The summed E-state index contributed by atoms with van der Waals surface area (Å²) in [7, 11) is 0. The van der Waals surface area contributed by atoms with Crippen LogP contribution in [0.3, 0.4) is 0 Å². The lowest BCUT2D eigenvalue weighted by Crippen LogP contribution is -2.50. The van der Waals surface area contributed by atoms with Crippen LogP contribution in [0.15, 0.2) is 48.5 Å². The number of para-hydroxylation sites is 2. The molecule has 0 aliphatic carbocycles. The molecule has 0 atom stereocenters. The van der Waals surface area contributed by atoms with E-state index in [1.807, 2.05) is 0 Å². The molecular weight excluding hydrogens is 352 g/mol. The molecule has 2 aromatic carbocycles. The van der Waals surface area contributed by atoms with Crippen LogP contribution in [-0.4, -0.2) is 52.1 Å². The molecule has 27 heavy (non-hydrogen) atoms. The molecule has 0 saturated heterocycles. The quantitative estimate of drug-likeness (QED) is 0.521. The van der Waals surface area contributed by atoms with Crippen LogP contribution in [0.5, 0.6) is 0 Å². The summed E-state index contributed by atoms with van der Waals surface area (Å²) < 4.78 is 2.41. The summed E-state index contributed by atoms with van der Waals surface area (Å²) in [5.41, 5.74) is -0.0644. The number of carboxylic acids is 2. The second kappa shape index (κ2) is 6.16. The van der Waals surface area contributed by atoms with E-state index in [-0.39, 0.29) is 6.42 Å². The van der Waals surface area contributed by atoms with Crippen LogP contribution in [0.4, 0.5) is 0 Å². The van der Waals surface area contributed by atoms with Gasteiger partial charge in [-0.05, 0) is 24.3 Å². The third-order valence-electron chi connectivity index (χ3n) is 4.43. The van der Waals surface area contributed by atoms with E-state index in [0.29, 0.717) is 22.1 Å².